The summed E-state index contributed by atoms with van der Waals surface area (Å²) < 4.78 is 0. The van der Waals surface area contributed by atoms with Crippen LogP contribution in [0.4, 0.5) is 0 Å². The van der Waals surface area contributed by atoms with Gasteiger partial charge in [-0.05, 0) is 18.3 Å². The first-order chi connectivity index (χ1) is 4.84. The fourth-order valence-corrected chi connectivity index (χ4v) is 1.32. The topological polar surface area (TPSA) is 0 Å². The first-order valence-corrected chi connectivity index (χ1v) is 4.18. The molecular weight excluding hydrogens is 120 g/mol. The normalized spacial score (nSPS) is 26.8. The Balaban J connectivity index is 2.42. The van der Waals surface area contributed by atoms with Gasteiger partial charge in [0.05, 0.1) is 0 Å². The fourth-order valence-electron chi connectivity index (χ4n) is 1.32. The van der Waals surface area contributed by atoms with Crippen molar-refractivity contribution in [1.29, 1.82) is 0 Å². The molecule has 0 nitrogen and oxygen atoms in total. The van der Waals surface area contributed by atoms with Gasteiger partial charge in [-0.15, -0.1) is 0 Å². The van der Waals surface area contributed by atoms with Crippen LogP contribution >= 0.6 is 0 Å². The molecule has 0 N–H and O–H groups in total. The molecule has 2 atom stereocenters. The van der Waals surface area contributed by atoms with E-state index in [4.69, 9.17) is 0 Å². The lowest BCUT2D eigenvalue weighted by molar-refractivity contribution is 0.417. The summed E-state index contributed by atoms with van der Waals surface area (Å²) in [5.41, 5.74) is 0. The van der Waals surface area contributed by atoms with Gasteiger partial charge in [0, 0.05) is 0 Å². The van der Waals surface area contributed by atoms with Gasteiger partial charge in [0.25, 0.3) is 0 Å². The SMILES string of the molecule is CC[C@H](C)C1C=CC=CC1. The van der Waals surface area contributed by atoms with Crippen LogP contribution in [0, 0.1) is 11.8 Å². The van der Waals surface area contributed by atoms with Crippen molar-refractivity contribution in [2.45, 2.75) is 26.7 Å². The Morgan fingerprint density at radius 2 is 2.30 bits per heavy atom. The van der Waals surface area contributed by atoms with Crippen molar-refractivity contribution >= 4 is 0 Å². The van der Waals surface area contributed by atoms with E-state index in [9.17, 15) is 0 Å². The summed E-state index contributed by atoms with van der Waals surface area (Å²) >= 11 is 0. The fraction of sp³-hybridized carbons (Fsp3) is 0.600. The van der Waals surface area contributed by atoms with Gasteiger partial charge in [0.1, 0.15) is 0 Å². The Morgan fingerprint density at radius 1 is 1.50 bits per heavy atom. The molecule has 0 amide bonds. The molecule has 0 aliphatic heterocycles. The predicted molar refractivity (Wildman–Crippen MR) is 45.8 cm³/mol. The second kappa shape index (κ2) is 3.60. The summed E-state index contributed by atoms with van der Waals surface area (Å²) in [6.45, 7) is 4.59. The molecule has 56 valence electrons. The second-order valence-corrected chi connectivity index (χ2v) is 3.10. The van der Waals surface area contributed by atoms with Crippen molar-refractivity contribution in [3.63, 3.8) is 0 Å². The average Bonchev–Trinajstić information content (AvgIpc) is 2.05. The van der Waals surface area contributed by atoms with E-state index in [1.165, 1.54) is 12.8 Å². The van der Waals surface area contributed by atoms with Crippen molar-refractivity contribution in [1.82, 2.24) is 0 Å². The molecule has 0 saturated carbocycles. The summed E-state index contributed by atoms with van der Waals surface area (Å²) in [5, 5.41) is 0. The van der Waals surface area contributed by atoms with Crippen LogP contribution in [0.1, 0.15) is 26.7 Å². The van der Waals surface area contributed by atoms with Crippen molar-refractivity contribution in [3.05, 3.63) is 24.3 Å². The highest BCUT2D eigenvalue weighted by atomic mass is 14.2. The van der Waals surface area contributed by atoms with Gasteiger partial charge in [-0.2, -0.15) is 0 Å². The Kier molecular flexibility index (Phi) is 2.73. The number of hydrogen-bond acceptors (Lipinski definition) is 0. The molecule has 0 aromatic heterocycles. The molecule has 1 rings (SSSR count). The molecule has 10 heavy (non-hydrogen) atoms. The third kappa shape index (κ3) is 1.73. The highest BCUT2D eigenvalue weighted by Crippen LogP contribution is 2.22. The largest absolute Gasteiger partial charge is 0.0840 e. The molecule has 1 unspecified atom stereocenters. The highest BCUT2D eigenvalue weighted by Gasteiger charge is 2.11. The van der Waals surface area contributed by atoms with Crippen LogP contribution in [0.3, 0.4) is 0 Å². The lowest BCUT2D eigenvalue weighted by Gasteiger charge is -2.19. The summed E-state index contributed by atoms with van der Waals surface area (Å²) in [6.07, 6.45) is 11.4. The first kappa shape index (κ1) is 7.59. The molecule has 1 aliphatic carbocycles. The maximum Gasteiger partial charge on any atom is -0.0170 e. The van der Waals surface area contributed by atoms with Crippen LogP contribution in [0.5, 0.6) is 0 Å². The molecule has 0 heteroatoms. The quantitative estimate of drug-likeness (QED) is 0.547. The summed E-state index contributed by atoms with van der Waals surface area (Å²) in [6, 6.07) is 0. The van der Waals surface area contributed by atoms with Gasteiger partial charge in [-0.25, -0.2) is 0 Å². The Labute approximate surface area is 63.6 Å². The standard InChI is InChI=1S/C10H16/c1-3-9(2)10-7-5-4-6-8-10/h4-7,9-10H,3,8H2,1-2H3/t9-,10?/m0/s1. The van der Waals surface area contributed by atoms with E-state index in [-0.39, 0.29) is 0 Å². The zero-order valence-electron chi connectivity index (χ0n) is 6.88. The summed E-state index contributed by atoms with van der Waals surface area (Å²) in [7, 11) is 0. The molecule has 0 heterocycles. The molecule has 0 spiro atoms. The minimum atomic E-state index is 0.801. The molecule has 0 radical (unpaired) electrons. The van der Waals surface area contributed by atoms with Crippen molar-refractivity contribution in [2.24, 2.45) is 11.8 Å². The van der Waals surface area contributed by atoms with Crippen molar-refractivity contribution in [3.8, 4) is 0 Å². The van der Waals surface area contributed by atoms with Gasteiger partial charge in [-0.3, -0.25) is 0 Å². The lowest BCUT2D eigenvalue weighted by Crippen LogP contribution is -2.08. The van der Waals surface area contributed by atoms with Gasteiger partial charge in [0.2, 0.25) is 0 Å². The first-order valence-electron chi connectivity index (χ1n) is 4.18. The lowest BCUT2D eigenvalue weighted by atomic mass is 9.87. The van der Waals surface area contributed by atoms with E-state index in [0.29, 0.717) is 0 Å². The molecular formula is C10H16. The maximum atomic E-state index is 2.33. The van der Waals surface area contributed by atoms with E-state index in [1.54, 1.807) is 0 Å². The highest BCUT2D eigenvalue weighted by molar-refractivity contribution is 5.11. The third-order valence-corrected chi connectivity index (χ3v) is 2.39. The Hall–Kier alpha value is -0.520. The molecule has 0 aromatic carbocycles. The van der Waals surface area contributed by atoms with E-state index in [1.807, 2.05) is 0 Å². The van der Waals surface area contributed by atoms with E-state index >= 15 is 0 Å². The average molecular weight is 136 g/mol. The van der Waals surface area contributed by atoms with Gasteiger partial charge in [-0.1, -0.05) is 44.6 Å². The Bertz CT molecular complexity index is 142. The molecule has 0 aromatic rings. The van der Waals surface area contributed by atoms with Crippen LogP contribution in [0.25, 0.3) is 0 Å². The molecule has 0 saturated heterocycles. The maximum absolute atomic E-state index is 2.33. The van der Waals surface area contributed by atoms with Crippen LogP contribution in [-0.2, 0) is 0 Å². The smallest absolute Gasteiger partial charge is 0.0170 e. The number of allylic oxidation sites excluding steroid dienone is 4. The van der Waals surface area contributed by atoms with Crippen LogP contribution in [0.15, 0.2) is 24.3 Å². The van der Waals surface area contributed by atoms with Gasteiger partial charge >= 0.3 is 0 Å². The van der Waals surface area contributed by atoms with Gasteiger partial charge < -0.3 is 0 Å². The molecule has 0 fully saturated rings. The Morgan fingerprint density at radius 3 is 2.80 bits per heavy atom. The minimum Gasteiger partial charge on any atom is -0.0840 e. The van der Waals surface area contributed by atoms with E-state index in [0.717, 1.165) is 11.8 Å². The van der Waals surface area contributed by atoms with Crippen LogP contribution in [-0.4, -0.2) is 0 Å². The van der Waals surface area contributed by atoms with Crippen LogP contribution < -0.4 is 0 Å². The molecule has 0 bridgehead atoms. The third-order valence-electron chi connectivity index (χ3n) is 2.39. The van der Waals surface area contributed by atoms with Gasteiger partial charge in [0.15, 0.2) is 0 Å². The van der Waals surface area contributed by atoms with Crippen LogP contribution in [0.2, 0.25) is 0 Å². The zero-order chi connectivity index (χ0) is 7.40. The minimum absolute atomic E-state index is 0.801. The summed E-state index contributed by atoms with van der Waals surface area (Å²) in [4.78, 5) is 0. The van der Waals surface area contributed by atoms with Crippen molar-refractivity contribution in [2.75, 3.05) is 0 Å². The van der Waals surface area contributed by atoms with E-state index < -0.39 is 0 Å². The second-order valence-electron chi connectivity index (χ2n) is 3.10. The monoisotopic (exact) mass is 136 g/mol. The van der Waals surface area contributed by atoms with Crippen molar-refractivity contribution < 1.29 is 0 Å². The predicted octanol–water partition coefficient (Wildman–Crippen LogP) is 3.16. The summed E-state index contributed by atoms with van der Waals surface area (Å²) in [5.74, 6) is 1.65. The number of rotatable bonds is 2. The van der Waals surface area contributed by atoms with E-state index in [2.05, 4.69) is 38.2 Å². The zero-order valence-corrected chi connectivity index (χ0v) is 6.88. The number of hydrogen-bond donors (Lipinski definition) is 0. The molecule has 1 aliphatic rings.